The average Bonchev–Trinajstić information content (AvgIpc) is 3.28. The van der Waals surface area contributed by atoms with Crippen LogP contribution in [0, 0.1) is 28.1 Å². The Morgan fingerprint density at radius 1 is 1.20 bits per heavy atom. The molecule has 3 atom stereocenters. The maximum absolute atomic E-state index is 13.3. The number of Topliss-reactive ketones (excluding diaryl/α,β-unsaturated/α-hetero) is 1. The van der Waals surface area contributed by atoms with Gasteiger partial charge in [-0.2, -0.15) is 5.26 Å². The van der Waals surface area contributed by atoms with Crippen LogP contribution in [0.15, 0.2) is 18.2 Å². The van der Waals surface area contributed by atoms with E-state index in [2.05, 4.69) is 11.4 Å². The minimum Gasteiger partial charge on any atom is -0.482 e. The minimum atomic E-state index is -0.746. The summed E-state index contributed by atoms with van der Waals surface area (Å²) in [5, 5.41) is 13.3. The van der Waals surface area contributed by atoms with Crippen LogP contribution in [-0.4, -0.2) is 47.7 Å². The fraction of sp³-hybridized carbons (Fsp3) is 0.615. The van der Waals surface area contributed by atoms with Gasteiger partial charge >= 0.3 is 0 Å². The Labute approximate surface area is 215 Å². The zero-order valence-corrected chi connectivity index (χ0v) is 21.0. The van der Waals surface area contributed by atoms with Gasteiger partial charge in [-0.05, 0) is 74.0 Å². The number of likely N-dealkylation sites (tertiary alicyclic amines) is 1. The molecule has 1 saturated heterocycles. The van der Waals surface area contributed by atoms with Gasteiger partial charge in [-0.3, -0.25) is 14.4 Å². The summed E-state index contributed by atoms with van der Waals surface area (Å²) < 4.78 is 5.64. The van der Waals surface area contributed by atoms with Gasteiger partial charge in [-0.1, -0.05) is 29.6 Å². The number of nitriles is 1. The lowest BCUT2D eigenvalue weighted by atomic mass is 9.67. The monoisotopic (exact) mass is 517 g/mol. The molecule has 0 bridgehead atoms. The Hall–Kier alpha value is -2.30. The third kappa shape index (κ3) is 5.01. The topological polar surface area (TPSA) is 99.5 Å². The number of rotatable bonds is 7. The van der Waals surface area contributed by atoms with E-state index in [4.69, 9.17) is 27.9 Å². The van der Waals surface area contributed by atoms with Crippen molar-refractivity contribution < 1.29 is 19.1 Å². The summed E-state index contributed by atoms with van der Waals surface area (Å²) in [6, 6.07) is 5.54. The number of nitrogens with zero attached hydrogens (tertiary/aromatic N) is 2. The molecule has 3 aliphatic carbocycles. The molecule has 1 aromatic rings. The average molecular weight is 518 g/mol. The molecule has 1 aromatic carbocycles. The van der Waals surface area contributed by atoms with Gasteiger partial charge < -0.3 is 15.0 Å². The molecule has 0 aromatic heterocycles. The Kier molecular flexibility index (Phi) is 6.48. The van der Waals surface area contributed by atoms with Crippen molar-refractivity contribution in [2.24, 2.45) is 16.7 Å². The summed E-state index contributed by atoms with van der Waals surface area (Å²) in [5.74, 6) is -0.234. The molecule has 3 saturated carbocycles. The Bertz CT molecular complexity index is 1090. The predicted octanol–water partition coefficient (Wildman–Crippen LogP) is 4.30. The van der Waals surface area contributed by atoms with Crippen molar-refractivity contribution in [3.63, 3.8) is 0 Å². The predicted molar refractivity (Wildman–Crippen MR) is 130 cm³/mol. The fourth-order valence-corrected chi connectivity index (χ4v) is 6.56. The lowest BCUT2D eigenvalue weighted by Gasteiger charge is -2.37. The second-order valence-electron chi connectivity index (χ2n) is 10.9. The first-order valence-corrected chi connectivity index (χ1v) is 13.1. The van der Waals surface area contributed by atoms with E-state index >= 15 is 0 Å². The third-order valence-electron chi connectivity index (χ3n) is 8.42. The number of benzene rings is 1. The molecule has 186 valence electrons. The van der Waals surface area contributed by atoms with Crippen molar-refractivity contribution in [1.82, 2.24) is 10.2 Å². The lowest BCUT2D eigenvalue weighted by molar-refractivity contribution is -0.140. The molecule has 35 heavy (non-hydrogen) atoms. The number of nitrogens with one attached hydrogen (secondary N) is 1. The second kappa shape index (κ2) is 9.29. The summed E-state index contributed by atoms with van der Waals surface area (Å²) in [4.78, 5) is 40.4. The molecule has 2 amide bonds. The summed E-state index contributed by atoms with van der Waals surface area (Å²) in [6.07, 6.45) is 7.56. The highest BCUT2D eigenvalue weighted by Gasteiger charge is 2.53. The quantitative estimate of drug-likeness (QED) is 0.580. The van der Waals surface area contributed by atoms with Gasteiger partial charge in [-0.25, -0.2) is 0 Å². The van der Waals surface area contributed by atoms with Crippen molar-refractivity contribution in [2.75, 3.05) is 13.2 Å². The van der Waals surface area contributed by atoms with Crippen LogP contribution in [0.4, 0.5) is 0 Å². The molecular weight excluding hydrogens is 489 g/mol. The van der Waals surface area contributed by atoms with Crippen molar-refractivity contribution in [3.8, 4) is 11.8 Å². The van der Waals surface area contributed by atoms with E-state index in [9.17, 15) is 19.6 Å². The highest BCUT2D eigenvalue weighted by molar-refractivity contribution is 6.35. The van der Waals surface area contributed by atoms with E-state index in [1.807, 2.05) is 0 Å². The zero-order valence-electron chi connectivity index (χ0n) is 19.5. The van der Waals surface area contributed by atoms with Gasteiger partial charge in [0.1, 0.15) is 23.6 Å². The molecule has 9 heteroatoms. The number of ether oxygens (including phenoxy) is 1. The van der Waals surface area contributed by atoms with E-state index in [0.717, 1.165) is 38.5 Å². The van der Waals surface area contributed by atoms with Crippen LogP contribution in [-0.2, 0) is 14.4 Å². The van der Waals surface area contributed by atoms with Gasteiger partial charge in [0.05, 0.1) is 11.1 Å². The van der Waals surface area contributed by atoms with E-state index in [1.54, 1.807) is 23.1 Å². The number of halogens is 2. The van der Waals surface area contributed by atoms with Crippen LogP contribution in [0.2, 0.25) is 10.0 Å². The lowest BCUT2D eigenvalue weighted by Crippen LogP contribution is -2.50. The zero-order chi connectivity index (χ0) is 24.8. The first kappa shape index (κ1) is 24.4. The molecule has 1 N–H and O–H groups in total. The molecule has 2 spiro atoms. The smallest absolute Gasteiger partial charge is 0.261 e. The number of carbonyl (C=O) groups excluding carboxylic acids is 3. The highest BCUT2D eigenvalue weighted by Crippen LogP contribution is 2.59. The van der Waals surface area contributed by atoms with Crippen molar-refractivity contribution >= 4 is 40.8 Å². The van der Waals surface area contributed by atoms with Crippen LogP contribution in [0.3, 0.4) is 0 Å². The Morgan fingerprint density at radius 3 is 2.57 bits per heavy atom. The molecule has 5 rings (SSSR count). The van der Waals surface area contributed by atoms with Crippen LogP contribution < -0.4 is 10.1 Å². The van der Waals surface area contributed by atoms with E-state index in [-0.39, 0.29) is 41.0 Å². The standard InChI is InChI=1S/C26H29Cl2N3O4/c27-17-2-3-22(19(28)9-17)35-14-23(33)31-15-26(4-1-5-26)11-20(31)24(34)30-18(13-29)8-16-10-25(6-7-25)12-21(16)32/h2-3,9,16,18,20H,1,4-8,10-12,14-15H2,(H,30,34)/t16-,18+,20+/m1/s1. The largest absolute Gasteiger partial charge is 0.482 e. The van der Waals surface area contributed by atoms with Crippen molar-refractivity contribution in [1.29, 1.82) is 5.26 Å². The number of amides is 2. The molecular formula is C26H29Cl2N3O4. The van der Waals surface area contributed by atoms with Crippen LogP contribution in [0.1, 0.15) is 57.8 Å². The summed E-state index contributed by atoms with van der Waals surface area (Å²) in [6.45, 7) is 0.254. The number of hydrogen-bond donors (Lipinski definition) is 1. The van der Waals surface area contributed by atoms with Crippen molar-refractivity contribution in [2.45, 2.75) is 69.9 Å². The maximum atomic E-state index is 13.3. The molecule has 1 heterocycles. The number of ketones is 1. The van der Waals surface area contributed by atoms with Crippen LogP contribution >= 0.6 is 23.2 Å². The van der Waals surface area contributed by atoms with Crippen LogP contribution in [0.5, 0.6) is 5.75 Å². The van der Waals surface area contributed by atoms with E-state index in [0.29, 0.717) is 41.6 Å². The summed E-state index contributed by atoms with van der Waals surface area (Å²) in [5.41, 5.74) is 0.127. The van der Waals surface area contributed by atoms with Crippen molar-refractivity contribution in [3.05, 3.63) is 28.2 Å². The highest BCUT2D eigenvalue weighted by atomic mass is 35.5. The number of hydrogen-bond acceptors (Lipinski definition) is 5. The molecule has 0 unspecified atom stereocenters. The summed E-state index contributed by atoms with van der Waals surface area (Å²) in [7, 11) is 0. The van der Waals surface area contributed by atoms with Crippen LogP contribution in [0.25, 0.3) is 0 Å². The molecule has 4 aliphatic rings. The summed E-state index contributed by atoms with van der Waals surface area (Å²) >= 11 is 12.1. The Morgan fingerprint density at radius 2 is 1.97 bits per heavy atom. The molecule has 1 aliphatic heterocycles. The van der Waals surface area contributed by atoms with Gasteiger partial charge in [0.25, 0.3) is 5.91 Å². The number of carbonyl (C=O) groups is 3. The third-order valence-corrected chi connectivity index (χ3v) is 8.95. The maximum Gasteiger partial charge on any atom is 0.261 e. The molecule has 7 nitrogen and oxygen atoms in total. The molecule has 4 fully saturated rings. The normalized spacial score (nSPS) is 26.3. The van der Waals surface area contributed by atoms with Gasteiger partial charge in [0, 0.05) is 23.9 Å². The second-order valence-corrected chi connectivity index (χ2v) is 11.8. The SMILES string of the molecule is N#C[C@H](C[C@@H]1CC2(CC2)CC1=O)NC(=O)[C@@H]1CC2(CCC2)CN1C(=O)COc1ccc(Cl)cc1Cl. The minimum absolute atomic E-state index is 0.0441. The first-order chi connectivity index (χ1) is 16.7. The van der Waals surface area contributed by atoms with Gasteiger partial charge in [0.2, 0.25) is 5.91 Å². The Balaban J connectivity index is 1.23. The van der Waals surface area contributed by atoms with E-state index in [1.165, 1.54) is 0 Å². The first-order valence-electron chi connectivity index (χ1n) is 12.3. The molecule has 0 radical (unpaired) electrons. The van der Waals surface area contributed by atoms with Gasteiger partial charge in [0.15, 0.2) is 6.61 Å². The van der Waals surface area contributed by atoms with Gasteiger partial charge in [-0.15, -0.1) is 0 Å². The fourth-order valence-electron chi connectivity index (χ4n) is 6.10. The van der Waals surface area contributed by atoms with E-state index < -0.39 is 12.1 Å².